The highest BCUT2D eigenvalue weighted by molar-refractivity contribution is 9.10. The molecule has 0 spiro atoms. The Kier molecular flexibility index (Phi) is 4.86. The van der Waals surface area contributed by atoms with Crippen LogP contribution in [0.4, 0.5) is 5.69 Å². The summed E-state index contributed by atoms with van der Waals surface area (Å²) in [7, 11) is 0. The number of nitrogens with zero attached hydrogens (tertiary/aromatic N) is 3. The van der Waals surface area contributed by atoms with Gasteiger partial charge < -0.3 is 5.32 Å². The van der Waals surface area contributed by atoms with E-state index in [1.165, 1.54) is 12.1 Å². The van der Waals surface area contributed by atoms with Crippen LogP contribution in [0.2, 0.25) is 0 Å². The lowest BCUT2D eigenvalue weighted by atomic mass is 10.2. The van der Waals surface area contributed by atoms with Crippen molar-refractivity contribution in [1.29, 1.82) is 0 Å². The molecule has 0 aliphatic heterocycles. The fourth-order valence-electron chi connectivity index (χ4n) is 1.83. The second-order valence-electron chi connectivity index (χ2n) is 4.54. The average Bonchev–Trinajstić information content (AvgIpc) is 2.90. The van der Waals surface area contributed by atoms with Gasteiger partial charge in [0, 0.05) is 41.6 Å². The van der Waals surface area contributed by atoms with Crippen molar-refractivity contribution >= 4 is 21.6 Å². The number of benzene rings is 1. The molecular formula is C13H15BrN4O2. The Morgan fingerprint density at radius 3 is 2.95 bits per heavy atom. The maximum absolute atomic E-state index is 10.7. The molecule has 1 unspecified atom stereocenters. The Morgan fingerprint density at radius 2 is 2.35 bits per heavy atom. The maximum atomic E-state index is 10.7. The van der Waals surface area contributed by atoms with Gasteiger partial charge in [-0.2, -0.15) is 5.10 Å². The van der Waals surface area contributed by atoms with Crippen molar-refractivity contribution < 1.29 is 4.92 Å². The Morgan fingerprint density at radius 1 is 1.55 bits per heavy atom. The SMILES string of the molecule is CC(Cn1cccn1)NCc1ccc([N+](=O)[O-])cc1Br. The summed E-state index contributed by atoms with van der Waals surface area (Å²) in [6.45, 7) is 3.49. The summed E-state index contributed by atoms with van der Waals surface area (Å²) >= 11 is 3.36. The smallest absolute Gasteiger partial charge is 0.270 e. The van der Waals surface area contributed by atoms with Crippen LogP contribution < -0.4 is 5.32 Å². The number of rotatable bonds is 6. The summed E-state index contributed by atoms with van der Waals surface area (Å²) in [5.74, 6) is 0. The van der Waals surface area contributed by atoms with Crippen LogP contribution >= 0.6 is 15.9 Å². The Labute approximate surface area is 125 Å². The molecule has 0 radical (unpaired) electrons. The van der Waals surface area contributed by atoms with E-state index >= 15 is 0 Å². The predicted molar refractivity (Wildman–Crippen MR) is 79.3 cm³/mol. The Hall–Kier alpha value is -1.73. The maximum Gasteiger partial charge on any atom is 0.270 e. The second kappa shape index (κ2) is 6.62. The zero-order valence-electron chi connectivity index (χ0n) is 11.0. The molecule has 106 valence electrons. The number of hydrogen-bond acceptors (Lipinski definition) is 4. The van der Waals surface area contributed by atoms with Gasteiger partial charge in [-0.05, 0) is 24.6 Å². The quantitative estimate of drug-likeness (QED) is 0.649. The predicted octanol–water partition coefficient (Wildman–Crippen LogP) is 2.73. The molecule has 20 heavy (non-hydrogen) atoms. The van der Waals surface area contributed by atoms with E-state index in [-0.39, 0.29) is 11.7 Å². The lowest BCUT2D eigenvalue weighted by Crippen LogP contribution is -2.30. The minimum absolute atomic E-state index is 0.0882. The van der Waals surface area contributed by atoms with Crippen LogP contribution in [0.25, 0.3) is 0 Å². The fourth-order valence-corrected chi connectivity index (χ4v) is 2.34. The summed E-state index contributed by atoms with van der Waals surface area (Å²) in [4.78, 5) is 10.3. The van der Waals surface area contributed by atoms with Crippen LogP contribution in [0.1, 0.15) is 12.5 Å². The summed E-state index contributed by atoms with van der Waals surface area (Å²) in [6.07, 6.45) is 3.67. The van der Waals surface area contributed by atoms with Crippen molar-refractivity contribution in [2.75, 3.05) is 0 Å². The van der Waals surface area contributed by atoms with E-state index in [2.05, 4.69) is 33.3 Å². The summed E-state index contributed by atoms with van der Waals surface area (Å²) in [6, 6.07) is 6.93. The summed E-state index contributed by atoms with van der Waals surface area (Å²) < 4.78 is 2.60. The standard InChI is InChI=1S/C13H15BrN4O2/c1-10(9-17-6-2-5-16-17)15-8-11-3-4-12(18(19)20)7-13(11)14/h2-7,10,15H,8-9H2,1H3. The van der Waals surface area contributed by atoms with Crippen molar-refractivity contribution in [2.45, 2.75) is 26.1 Å². The van der Waals surface area contributed by atoms with E-state index in [0.717, 1.165) is 16.6 Å². The third-order valence-corrected chi connectivity index (χ3v) is 3.65. The number of aromatic nitrogens is 2. The highest BCUT2D eigenvalue weighted by Gasteiger charge is 2.10. The van der Waals surface area contributed by atoms with Gasteiger partial charge >= 0.3 is 0 Å². The van der Waals surface area contributed by atoms with Crippen molar-refractivity contribution in [2.24, 2.45) is 0 Å². The first-order chi connectivity index (χ1) is 9.56. The normalized spacial score (nSPS) is 12.3. The molecule has 0 aliphatic carbocycles. The van der Waals surface area contributed by atoms with Gasteiger partial charge in [0.2, 0.25) is 0 Å². The van der Waals surface area contributed by atoms with E-state index in [9.17, 15) is 10.1 Å². The minimum Gasteiger partial charge on any atom is -0.308 e. The highest BCUT2D eigenvalue weighted by atomic mass is 79.9. The molecule has 2 aromatic rings. The molecule has 0 aliphatic rings. The monoisotopic (exact) mass is 338 g/mol. The third-order valence-electron chi connectivity index (χ3n) is 2.91. The first kappa shape index (κ1) is 14.7. The van der Waals surface area contributed by atoms with Gasteiger partial charge in [-0.1, -0.05) is 15.9 Å². The van der Waals surface area contributed by atoms with Crippen molar-refractivity contribution in [3.8, 4) is 0 Å². The van der Waals surface area contributed by atoms with Crippen LogP contribution in [0, 0.1) is 10.1 Å². The van der Waals surface area contributed by atoms with E-state index in [4.69, 9.17) is 0 Å². The molecule has 7 heteroatoms. The molecule has 2 rings (SSSR count). The van der Waals surface area contributed by atoms with Gasteiger partial charge in [0.1, 0.15) is 0 Å². The van der Waals surface area contributed by atoms with Gasteiger partial charge in [-0.3, -0.25) is 14.8 Å². The fraction of sp³-hybridized carbons (Fsp3) is 0.308. The number of hydrogen-bond donors (Lipinski definition) is 1. The van der Waals surface area contributed by atoms with Crippen LogP contribution in [0.3, 0.4) is 0 Å². The lowest BCUT2D eigenvalue weighted by molar-refractivity contribution is -0.384. The molecular weight excluding hydrogens is 324 g/mol. The molecule has 1 heterocycles. The van der Waals surface area contributed by atoms with Crippen LogP contribution in [-0.4, -0.2) is 20.7 Å². The first-order valence-corrected chi connectivity index (χ1v) is 6.99. The Balaban J connectivity index is 1.92. The third kappa shape index (κ3) is 3.88. The molecule has 6 nitrogen and oxygen atoms in total. The largest absolute Gasteiger partial charge is 0.308 e. The zero-order valence-corrected chi connectivity index (χ0v) is 12.6. The summed E-state index contributed by atoms with van der Waals surface area (Å²) in [5.41, 5.74) is 1.08. The van der Waals surface area contributed by atoms with Crippen molar-refractivity contribution in [3.05, 3.63) is 56.8 Å². The number of non-ortho nitro benzene ring substituents is 1. The summed E-state index contributed by atoms with van der Waals surface area (Å²) in [5, 5.41) is 18.2. The van der Waals surface area contributed by atoms with Gasteiger partial charge in [0.05, 0.1) is 11.5 Å². The van der Waals surface area contributed by atoms with E-state index < -0.39 is 4.92 Å². The molecule has 1 aromatic heterocycles. The topological polar surface area (TPSA) is 73.0 Å². The van der Waals surface area contributed by atoms with E-state index in [1.54, 1.807) is 12.3 Å². The van der Waals surface area contributed by atoms with Crippen molar-refractivity contribution in [3.63, 3.8) is 0 Å². The molecule has 1 N–H and O–H groups in total. The van der Waals surface area contributed by atoms with Gasteiger partial charge in [-0.25, -0.2) is 0 Å². The van der Waals surface area contributed by atoms with E-state index in [0.29, 0.717) is 6.54 Å². The van der Waals surface area contributed by atoms with Gasteiger partial charge in [0.25, 0.3) is 5.69 Å². The molecule has 0 saturated heterocycles. The number of nitro benzene ring substituents is 1. The van der Waals surface area contributed by atoms with Crippen molar-refractivity contribution in [1.82, 2.24) is 15.1 Å². The van der Waals surface area contributed by atoms with E-state index in [1.807, 2.05) is 16.9 Å². The molecule has 0 bridgehead atoms. The van der Waals surface area contributed by atoms with Gasteiger partial charge in [-0.15, -0.1) is 0 Å². The number of halogens is 1. The Bertz CT molecular complexity index is 586. The average molecular weight is 339 g/mol. The molecule has 0 fully saturated rings. The van der Waals surface area contributed by atoms with Gasteiger partial charge in [0.15, 0.2) is 0 Å². The molecule has 0 saturated carbocycles. The number of nitrogens with one attached hydrogen (secondary N) is 1. The van der Waals surface area contributed by atoms with Crippen LogP contribution in [0.5, 0.6) is 0 Å². The highest BCUT2D eigenvalue weighted by Crippen LogP contribution is 2.22. The van der Waals surface area contributed by atoms with Crippen LogP contribution in [0.15, 0.2) is 41.1 Å². The number of nitro groups is 1. The first-order valence-electron chi connectivity index (χ1n) is 6.20. The van der Waals surface area contributed by atoms with Crippen LogP contribution in [-0.2, 0) is 13.1 Å². The molecule has 1 aromatic carbocycles. The molecule has 1 atom stereocenters. The zero-order chi connectivity index (χ0) is 14.5. The minimum atomic E-state index is -0.400. The molecule has 0 amide bonds. The lowest BCUT2D eigenvalue weighted by Gasteiger charge is -2.14. The second-order valence-corrected chi connectivity index (χ2v) is 5.40.